The van der Waals surface area contributed by atoms with Crippen LogP contribution in [0.25, 0.3) is 0 Å². The largest absolute Gasteiger partial charge is 0.396 e. The summed E-state index contributed by atoms with van der Waals surface area (Å²) in [5.74, 6) is 0.878. The van der Waals surface area contributed by atoms with Gasteiger partial charge in [-0.25, -0.2) is 0 Å². The molecule has 0 aromatic carbocycles. The fourth-order valence-corrected chi connectivity index (χ4v) is 1.81. The van der Waals surface area contributed by atoms with Crippen molar-refractivity contribution < 1.29 is 4.84 Å². The maximum atomic E-state index is 5.04. The zero-order chi connectivity index (χ0) is 9.36. The Labute approximate surface area is 81.3 Å². The van der Waals surface area contributed by atoms with Crippen LogP contribution in [-0.2, 0) is 4.84 Å². The molecule has 0 unspecified atom stereocenters. The first-order chi connectivity index (χ1) is 6.43. The molecule has 13 heavy (non-hydrogen) atoms. The van der Waals surface area contributed by atoms with E-state index < -0.39 is 0 Å². The molecule has 0 amide bonds. The van der Waals surface area contributed by atoms with E-state index in [0.29, 0.717) is 0 Å². The van der Waals surface area contributed by atoms with E-state index >= 15 is 0 Å². The molecule has 76 valence electrons. The Balaban J connectivity index is 2.00. The summed E-state index contributed by atoms with van der Waals surface area (Å²) >= 11 is 0. The lowest BCUT2D eigenvalue weighted by molar-refractivity contribution is 0.145. The molecule has 0 aromatic heterocycles. The SMILES string of the molecule is CCCON=CCC1CCCCC1. The molecule has 0 aliphatic heterocycles. The lowest BCUT2D eigenvalue weighted by Gasteiger charge is -2.19. The summed E-state index contributed by atoms with van der Waals surface area (Å²) in [6, 6.07) is 0. The number of nitrogens with zero attached hydrogens (tertiary/aromatic N) is 1. The summed E-state index contributed by atoms with van der Waals surface area (Å²) in [6.45, 7) is 2.85. The number of oxime groups is 1. The van der Waals surface area contributed by atoms with E-state index in [1.807, 2.05) is 6.21 Å². The molecule has 0 atom stereocenters. The smallest absolute Gasteiger partial charge is 0.116 e. The third-order valence-electron chi connectivity index (χ3n) is 2.61. The molecule has 2 heteroatoms. The standard InChI is InChI=1S/C11H21NO/c1-2-10-13-12-9-8-11-6-4-3-5-7-11/h9,11H,2-8,10H2,1H3. The van der Waals surface area contributed by atoms with Gasteiger partial charge >= 0.3 is 0 Å². The first-order valence-corrected chi connectivity index (χ1v) is 5.57. The van der Waals surface area contributed by atoms with E-state index in [4.69, 9.17) is 4.84 Å². The van der Waals surface area contributed by atoms with Gasteiger partial charge in [-0.15, -0.1) is 0 Å². The Morgan fingerprint density at radius 2 is 2.08 bits per heavy atom. The monoisotopic (exact) mass is 183 g/mol. The second kappa shape index (κ2) is 6.93. The Morgan fingerprint density at radius 3 is 2.77 bits per heavy atom. The maximum absolute atomic E-state index is 5.04. The molecular formula is C11H21NO. The van der Waals surface area contributed by atoms with Crippen molar-refractivity contribution in [2.45, 2.75) is 51.9 Å². The Kier molecular flexibility index (Phi) is 5.62. The minimum absolute atomic E-state index is 0.751. The predicted octanol–water partition coefficient (Wildman–Crippen LogP) is 3.37. The second-order valence-corrected chi connectivity index (χ2v) is 3.86. The summed E-state index contributed by atoms with van der Waals surface area (Å²) < 4.78 is 0. The zero-order valence-electron chi connectivity index (χ0n) is 8.67. The molecule has 0 radical (unpaired) electrons. The molecule has 0 heterocycles. The summed E-state index contributed by atoms with van der Waals surface area (Å²) in [6.07, 6.45) is 11.1. The topological polar surface area (TPSA) is 21.6 Å². The van der Waals surface area contributed by atoms with Crippen LogP contribution in [0.2, 0.25) is 0 Å². The highest BCUT2D eigenvalue weighted by Crippen LogP contribution is 2.25. The van der Waals surface area contributed by atoms with E-state index in [1.54, 1.807) is 0 Å². The average molecular weight is 183 g/mol. The van der Waals surface area contributed by atoms with E-state index in [-0.39, 0.29) is 0 Å². The van der Waals surface area contributed by atoms with Gasteiger partial charge in [0.25, 0.3) is 0 Å². The minimum atomic E-state index is 0.751. The second-order valence-electron chi connectivity index (χ2n) is 3.86. The van der Waals surface area contributed by atoms with Gasteiger partial charge in [-0.1, -0.05) is 44.2 Å². The van der Waals surface area contributed by atoms with Gasteiger partial charge in [0.1, 0.15) is 6.61 Å². The van der Waals surface area contributed by atoms with Crippen molar-refractivity contribution >= 4 is 6.21 Å². The maximum Gasteiger partial charge on any atom is 0.116 e. The van der Waals surface area contributed by atoms with Gasteiger partial charge in [-0.05, 0) is 18.8 Å². The fourth-order valence-electron chi connectivity index (χ4n) is 1.81. The van der Waals surface area contributed by atoms with Gasteiger partial charge < -0.3 is 4.84 Å². The molecule has 1 saturated carbocycles. The highest BCUT2D eigenvalue weighted by molar-refractivity contribution is 5.56. The molecule has 0 bridgehead atoms. The van der Waals surface area contributed by atoms with Crippen molar-refractivity contribution in [1.29, 1.82) is 0 Å². The highest BCUT2D eigenvalue weighted by atomic mass is 16.6. The normalized spacial score (nSPS) is 19.5. The Bertz CT molecular complexity index is 139. The first kappa shape index (κ1) is 10.6. The molecule has 1 aliphatic rings. The van der Waals surface area contributed by atoms with E-state index in [1.165, 1.54) is 32.1 Å². The van der Waals surface area contributed by atoms with Crippen LogP contribution < -0.4 is 0 Å². The highest BCUT2D eigenvalue weighted by Gasteiger charge is 2.11. The molecule has 0 aromatic rings. The van der Waals surface area contributed by atoms with Crippen LogP contribution in [0.3, 0.4) is 0 Å². The van der Waals surface area contributed by atoms with Crippen molar-refractivity contribution in [2.75, 3.05) is 6.61 Å². The van der Waals surface area contributed by atoms with Gasteiger partial charge in [0, 0.05) is 6.21 Å². The minimum Gasteiger partial charge on any atom is -0.396 e. The van der Waals surface area contributed by atoms with Crippen LogP contribution >= 0.6 is 0 Å². The third kappa shape index (κ3) is 4.91. The average Bonchev–Trinajstić information content (AvgIpc) is 2.19. The van der Waals surface area contributed by atoms with Crippen molar-refractivity contribution in [3.05, 3.63) is 0 Å². The fraction of sp³-hybridized carbons (Fsp3) is 0.909. The van der Waals surface area contributed by atoms with Crippen LogP contribution in [0.4, 0.5) is 0 Å². The van der Waals surface area contributed by atoms with Crippen LogP contribution in [0.5, 0.6) is 0 Å². The summed E-state index contributed by atoms with van der Waals surface area (Å²) in [5.41, 5.74) is 0. The van der Waals surface area contributed by atoms with Gasteiger partial charge in [0.15, 0.2) is 0 Å². The molecule has 1 fully saturated rings. The van der Waals surface area contributed by atoms with Crippen molar-refractivity contribution in [3.63, 3.8) is 0 Å². The molecule has 1 rings (SSSR count). The Morgan fingerprint density at radius 1 is 1.31 bits per heavy atom. The summed E-state index contributed by atoms with van der Waals surface area (Å²) in [5, 5.41) is 3.93. The van der Waals surface area contributed by atoms with Crippen molar-refractivity contribution in [3.8, 4) is 0 Å². The quantitative estimate of drug-likeness (QED) is 0.364. The first-order valence-electron chi connectivity index (χ1n) is 5.57. The van der Waals surface area contributed by atoms with Gasteiger partial charge in [0.05, 0.1) is 0 Å². The van der Waals surface area contributed by atoms with Crippen LogP contribution in [0.1, 0.15) is 51.9 Å². The summed E-state index contributed by atoms with van der Waals surface area (Å²) in [4.78, 5) is 5.04. The van der Waals surface area contributed by atoms with Crippen LogP contribution in [0, 0.1) is 5.92 Å². The zero-order valence-corrected chi connectivity index (χ0v) is 8.67. The molecule has 1 aliphatic carbocycles. The predicted molar refractivity (Wildman–Crippen MR) is 55.9 cm³/mol. The van der Waals surface area contributed by atoms with Gasteiger partial charge in [0.2, 0.25) is 0 Å². The van der Waals surface area contributed by atoms with E-state index in [9.17, 15) is 0 Å². The molecule has 0 saturated heterocycles. The number of hydrogen-bond acceptors (Lipinski definition) is 2. The van der Waals surface area contributed by atoms with Gasteiger partial charge in [-0.3, -0.25) is 0 Å². The molecular weight excluding hydrogens is 162 g/mol. The lowest BCUT2D eigenvalue weighted by atomic mass is 9.87. The molecule has 0 spiro atoms. The number of rotatable bonds is 5. The molecule has 2 nitrogen and oxygen atoms in total. The van der Waals surface area contributed by atoms with Crippen molar-refractivity contribution in [2.24, 2.45) is 11.1 Å². The number of hydrogen-bond donors (Lipinski definition) is 0. The van der Waals surface area contributed by atoms with Gasteiger partial charge in [-0.2, -0.15) is 0 Å². The lowest BCUT2D eigenvalue weighted by Crippen LogP contribution is -2.06. The van der Waals surface area contributed by atoms with Crippen LogP contribution in [-0.4, -0.2) is 12.8 Å². The third-order valence-corrected chi connectivity index (χ3v) is 2.61. The van der Waals surface area contributed by atoms with Crippen LogP contribution in [0.15, 0.2) is 5.16 Å². The van der Waals surface area contributed by atoms with E-state index in [0.717, 1.165) is 25.4 Å². The van der Waals surface area contributed by atoms with E-state index in [2.05, 4.69) is 12.1 Å². The Hall–Kier alpha value is -0.530. The molecule has 0 N–H and O–H groups in total. The summed E-state index contributed by atoms with van der Waals surface area (Å²) in [7, 11) is 0. The van der Waals surface area contributed by atoms with Crippen molar-refractivity contribution in [1.82, 2.24) is 0 Å².